The summed E-state index contributed by atoms with van der Waals surface area (Å²) >= 11 is 0. The molecule has 21 heteroatoms. The Labute approximate surface area is 408 Å². The van der Waals surface area contributed by atoms with E-state index in [0.717, 1.165) is 28.7 Å². The van der Waals surface area contributed by atoms with Crippen molar-refractivity contribution in [1.82, 2.24) is 0 Å². The summed E-state index contributed by atoms with van der Waals surface area (Å²) < 4.78 is 146. The van der Waals surface area contributed by atoms with E-state index in [1.807, 2.05) is 49.3 Å². The van der Waals surface area contributed by atoms with Crippen LogP contribution in [0, 0.1) is 0 Å². The van der Waals surface area contributed by atoms with Crippen molar-refractivity contribution in [3.63, 3.8) is 0 Å². The minimum Gasteiger partial charge on any atom is -0.478 e. The van der Waals surface area contributed by atoms with Crippen LogP contribution in [0.2, 0.25) is 0 Å². The predicted octanol–water partition coefficient (Wildman–Crippen LogP) is 8.12. The summed E-state index contributed by atoms with van der Waals surface area (Å²) in [5.41, 5.74) is 4.64. The fraction of sp³-hybridized carbons (Fsp3) is 0.408. The van der Waals surface area contributed by atoms with Crippen LogP contribution in [0.4, 0.5) is 11.4 Å². The van der Waals surface area contributed by atoms with Gasteiger partial charge in [0.05, 0.1) is 17.1 Å². The van der Waals surface area contributed by atoms with Crippen molar-refractivity contribution in [3.05, 3.63) is 135 Å². The molecule has 2 unspecified atom stereocenters. The molecule has 0 amide bonds. The number of hydrogen-bond acceptors (Lipinski definition) is 12. The van der Waals surface area contributed by atoms with Crippen molar-refractivity contribution in [3.8, 4) is 5.75 Å². The molecule has 0 aromatic heterocycles. The van der Waals surface area contributed by atoms with E-state index >= 15 is 0 Å². The van der Waals surface area contributed by atoms with Gasteiger partial charge in [0.15, 0.2) is 0 Å². The number of carboxylic acids is 1. The molecule has 0 spiro atoms. The summed E-state index contributed by atoms with van der Waals surface area (Å²) in [5, 5.41) is 9.64. The van der Waals surface area contributed by atoms with Crippen molar-refractivity contribution >= 4 is 57.8 Å². The van der Waals surface area contributed by atoms with Crippen LogP contribution in [0.5, 0.6) is 5.75 Å². The SMILES string of the molecule is CC1(CCCCS(=O)(=O)O)C(C=CC2=C(Oc3ccc(C(=O)O)cc3)C(=CC=C3N4CCCc5ccc(S(=O)(=O)O)c(c54)C3(C)CCCCS(=O)(=O)O)CCC2)=CN2CCc3ccc(S(=O)(=O)O)c1c32. The predicted molar refractivity (Wildman–Crippen MR) is 263 cm³/mol. The molecule has 0 bridgehead atoms. The summed E-state index contributed by atoms with van der Waals surface area (Å²) in [6, 6.07) is 12.1. The van der Waals surface area contributed by atoms with E-state index in [2.05, 4.69) is 4.90 Å². The molecule has 3 aromatic carbocycles. The van der Waals surface area contributed by atoms with Gasteiger partial charge >= 0.3 is 5.97 Å². The van der Waals surface area contributed by atoms with Gasteiger partial charge in [0.2, 0.25) is 0 Å². The second-order valence-corrected chi connectivity index (χ2v) is 24.9. The molecule has 8 rings (SSSR count). The van der Waals surface area contributed by atoms with Crippen LogP contribution < -0.4 is 14.5 Å². The average Bonchev–Trinajstić information content (AvgIpc) is 3.80. The number of aromatic carboxylic acids is 1. The monoisotopic (exact) mass is 1040 g/mol. The minimum atomic E-state index is -4.74. The van der Waals surface area contributed by atoms with Crippen molar-refractivity contribution in [2.75, 3.05) is 34.4 Å². The zero-order chi connectivity index (χ0) is 50.6. The molecule has 2 atom stereocenters. The first-order chi connectivity index (χ1) is 32.8. The Hall–Kier alpha value is -5.13. The molecule has 376 valence electrons. The second-order valence-electron chi connectivity index (χ2n) is 19.0. The van der Waals surface area contributed by atoms with Crippen LogP contribution in [0.15, 0.2) is 117 Å². The molecule has 4 heterocycles. The number of benzene rings is 3. The Bertz CT molecular complexity index is 3270. The van der Waals surface area contributed by atoms with Crippen LogP contribution in [0.3, 0.4) is 0 Å². The maximum absolute atomic E-state index is 13.0. The van der Waals surface area contributed by atoms with E-state index in [1.54, 1.807) is 12.1 Å². The summed E-state index contributed by atoms with van der Waals surface area (Å²) in [6.45, 7) is 4.78. The van der Waals surface area contributed by atoms with Crippen molar-refractivity contribution < 1.29 is 66.5 Å². The van der Waals surface area contributed by atoms with E-state index in [9.17, 15) is 61.8 Å². The van der Waals surface area contributed by atoms with Crippen molar-refractivity contribution in [1.29, 1.82) is 0 Å². The smallest absolute Gasteiger partial charge is 0.335 e. The molecule has 3 aromatic rings. The lowest BCUT2D eigenvalue weighted by Gasteiger charge is -2.41. The number of rotatable bonds is 18. The first-order valence-electron chi connectivity index (χ1n) is 23.1. The molecule has 1 aliphatic carbocycles. The molecule has 4 aliphatic heterocycles. The van der Waals surface area contributed by atoms with Gasteiger partial charge < -0.3 is 19.6 Å². The van der Waals surface area contributed by atoms with Crippen LogP contribution in [0.25, 0.3) is 0 Å². The van der Waals surface area contributed by atoms with E-state index < -0.39 is 68.8 Å². The molecule has 70 heavy (non-hydrogen) atoms. The highest BCUT2D eigenvalue weighted by molar-refractivity contribution is 7.86. The lowest BCUT2D eigenvalue weighted by Crippen LogP contribution is -2.34. The number of anilines is 2. The summed E-state index contributed by atoms with van der Waals surface area (Å²) in [4.78, 5) is 15.3. The third-order valence-electron chi connectivity index (χ3n) is 14.3. The van der Waals surface area contributed by atoms with E-state index in [-0.39, 0.29) is 53.9 Å². The van der Waals surface area contributed by atoms with Crippen LogP contribution in [-0.2, 0) is 64.1 Å². The Morgan fingerprint density at radius 2 is 1.24 bits per heavy atom. The van der Waals surface area contributed by atoms with Gasteiger partial charge in [-0.3, -0.25) is 18.2 Å². The van der Waals surface area contributed by atoms with Gasteiger partial charge in [-0.1, -0.05) is 50.1 Å². The van der Waals surface area contributed by atoms with Gasteiger partial charge in [-0.25, -0.2) is 4.79 Å². The number of unbranched alkanes of at least 4 members (excludes halogenated alkanes) is 2. The standard InChI is InChI=1S/C49H56N2O15S4/c1-48(25-3-5-29-67(54,55)56)37(31-50-28-24-33-16-22-39(69(60,61)62)42(48)44(33)50)18-12-34-9-7-10-35(46(34)66-38-19-13-36(14-20-38)47(52)53)17-23-41-49(2,26-4-6-30-68(57,58)59)43-40(70(63,64)65)21-15-32-11-8-27-51(41)45(32)43/h12-23,31H,3-11,24-30H2,1-2H3,(H,52,53)(H,54,55,56)(H,57,58,59)(H,60,61,62)(H,63,64,65). The first kappa shape index (κ1) is 51.2. The number of aryl methyl sites for hydroxylation is 1. The number of nitrogens with zero attached hydrogens (tertiary/aromatic N) is 2. The topological polar surface area (TPSA) is 270 Å². The Kier molecular flexibility index (Phi) is 14.0. The molecular weight excluding hydrogens is 985 g/mol. The molecule has 17 nitrogen and oxygen atoms in total. The average molecular weight is 1040 g/mol. The Morgan fingerprint density at radius 3 is 1.83 bits per heavy atom. The third kappa shape index (κ3) is 10.4. The summed E-state index contributed by atoms with van der Waals surface area (Å²) in [7, 11) is -18.0. The highest BCUT2D eigenvalue weighted by Crippen LogP contribution is 2.56. The molecule has 0 radical (unpaired) electrons. The maximum atomic E-state index is 13.0. The number of ether oxygens (including phenoxy) is 1. The van der Waals surface area contributed by atoms with Crippen LogP contribution >= 0.6 is 0 Å². The molecule has 5 aliphatic rings. The van der Waals surface area contributed by atoms with E-state index in [0.29, 0.717) is 90.5 Å². The second kappa shape index (κ2) is 19.1. The normalized spacial score (nSPS) is 22.5. The third-order valence-corrected chi connectivity index (χ3v) is 17.7. The van der Waals surface area contributed by atoms with Gasteiger partial charge in [-0.2, -0.15) is 33.7 Å². The van der Waals surface area contributed by atoms with E-state index in [4.69, 9.17) is 4.74 Å². The molecule has 0 fully saturated rings. The summed E-state index contributed by atoms with van der Waals surface area (Å²) in [5.74, 6) is -1.32. The Morgan fingerprint density at radius 1 is 0.657 bits per heavy atom. The number of hydrogen-bond donors (Lipinski definition) is 5. The van der Waals surface area contributed by atoms with Crippen molar-refractivity contribution in [2.24, 2.45) is 0 Å². The zero-order valence-corrected chi connectivity index (χ0v) is 41.9. The fourth-order valence-electron chi connectivity index (χ4n) is 11.0. The molecule has 0 saturated carbocycles. The van der Waals surface area contributed by atoms with Gasteiger partial charge in [-0.05, 0) is 141 Å². The highest BCUT2D eigenvalue weighted by atomic mass is 32.2. The maximum Gasteiger partial charge on any atom is 0.335 e. The van der Waals surface area contributed by atoms with Crippen molar-refractivity contribution in [2.45, 2.75) is 112 Å². The number of carbonyl (C=O) groups is 1. The zero-order valence-electron chi connectivity index (χ0n) is 38.7. The largest absolute Gasteiger partial charge is 0.478 e. The molecular formula is C49H56N2O15S4. The molecule has 5 N–H and O–H groups in total. The lowest BCUT2D eigenvalue weighted by atomic mass is 9.69. The summed E-state index contributed by atoms with van der Waals surface area (Å²) in [6.07, 6.45) is 14.4. The molecule has 0 saturated heterocycles. The minimum absolute atomic E-state index is 0.0437. The van der Waals surface area contributed by atoms with Crippen LogP contribution in [-0.4, -0.2) is 87.6 Å². The van der Waals surface area contributed by atoms with Gasteiger partial charge in [0.25, 0.3) is 40.5 Å². The first-order valence-corrected chi connectivity index (χ1v) is 29.2. The highest BCUT2D eigenvalue weighted by Gasteiger charge is 2.49. The quantitative estimate of drug-likeness (QED) is 0.0594. The van der Waals surface area contributed by atoms with Gasteiger partial charge in [0, 0.05) is 58.3 Å². The van der Waals surface area contributed by atoms with Crippen LogP contribution in [0.1, 0.15) is 111 Å². The number of carboxylic acid groups (broad SMARTS) is 1. The van der Waals surface area contributed by atoms with Gasteiger partial charge in [0.1, 0.15) is 21.3 Å². The van der Waals surface area contributed by atoms with Gasteiger partial charge in [-0.15, -0.1) is 0 Å². The van der Waals surface area contributed by atoms with E-state index in [1.165, 1.54) is 36.4 Å². The Balaban J connectivity index is 1.26. The lowest BCUT2D eigenvalue weighted by molar-refractivity contribution is 0.0696. The fourth-order valence-corrected chi connectivity index (χ4v) is 13.7. The number of allylic oxidation sites excluding steroid dienone is 8.